The van der Waals surface area contributed by atoms with Crippen molar-refractivity contribution in [1.82, 2.24) is 0 Å². The van der Waals surface area contributed by atoms with Crippen LogP contribution in [0.2, 0.25) is 0 Å². The van der Waals surface area contributed by atoms with Crippen molar-refractivity contribution in [2.24, 2.45) is 0 Å². The van der Waals surface area contributed by atoms with Gasteiger partial charge in [0.2, 0.25) is 0 Å². The summed E-state index contributed by atoms with van der Waals surface area (Å²) in [6.07, 6.45) is 0. The highest BCUT2D eigenvalue weighted by Crippen LogP contribution is 2.47. The van der Waals surface area contributed by atoms with Crippen LogP contribution >= 0.6 is 0 Å². The average molecular weight is 588 g/mol. The third kappa shape index (κ3) is 4.05. The lowest BCUT2D eigenvalue weighted by Gasteiger charge is -2.20. The second-order valence-electron chi connectivity index (χ2n) is 11.6. The number of fused-ring (bicyclic) bond motifs is 6. The molecule has 0 fully saturated rings. The van der Waals surface area contributed by atoms with Crippen molar-refractivity contribution in [3.63, 3.8) is 0 Å². The van der Waals surface area contributed by atoms with Gasteiger partial charge in [0.25, 0.3) is 0 Å². The number of nitriles is 1. The molecule has 0 spiro atoms. The second kappa shape index (κ2) is 10.4. The first-order valence-corrected chi connectivity index (χ1v) is 15.3. The van der Waals surface area contributed by atoms with Crippen molar-refractivity contribution in [3.05, 3.63) is 157 Å². The molecule has 3 nitrogen and oxygen atoms in total. The Kier molecular flexibility index (Phi) is 5.88. The van der Waals surface area contributed by atoms with Gasteiger partial charge in [0.05, 0.1) is 11.6 Å². The van der Waals surface area contributed by atoms with Gasteiger partial charge in [-0.25, -0.2) is 0 Å². The molecule has 7 aromatic carbocycles. The lowest BCUT2D eigenvalue weighted by atomic mass is 9.83. The number of benzene rings is 7. The molecule has 46 heavy (non-hydrogen) atoms. The highest BCUT2D eigenvalue weighted by molar-refractivity contribution is 6.15. The lowest BCUT2D eigenvalue weighted by molar-refractivity contribution is 0.668. The van der Waals surface area contributed by atoms with Crippen molar-refractivity contribution in [2.45, 2.75) is 0 Å². The van der Waals surface area contributed by atoms with Crippen LogP contribution in [0.3, 0.4) is 0 Å². The Hall–Kier alpha value is -6.37. The Balaban J connectivity index is 1.44. The van der Waals surface area contributed by atoms with Crippen molar-refractivity contribution in [1.29, 1.82) is 5.26 Å². The van der Waals surface area contributed by atoms with Gasteiger partial charge < -0.3 is 8.83 Å². The summed E-state index contributed by atoms with van der Waals surface area (Å²) in [6.45, 7) is 0. The van der Waals surface area contributed by atoms with Crippen LogP contribution in [0.5, 0.6) is 0 Å². The standard InChI is InChI=1S/C43H25NO2/c44-26-29-13-4-5-14-31(29)30-24-35(28-21-22-40-36(23-28)32-15-6-8-18-38(32)45-40)42(27-11-2-1-3-12-27)37(25-30)33-17-10-20-41-43(33)34-16-7-9-19-39(34)46-41/h1-25H. The average Bonchev–Trinajstić information content (AvgIpc) is 3.69. The molecule has 9 rings (SSSR count). The smallest absolute Gasteiger partial charge is 0.136 e. The first-order chi connectivity index (χ1) is 22.8. The van der Waals surface area contributed by atoms with Gasteiger partial charge in [-0.2, -0.15) is 5.26 Å². The fourth-order valence-electron chi connectivity index (χ4n) is 6.88. The molecule has 0 aliphatic heterocycles. The van der Waals surface area contributed by atoms with E-state index in [4.69, 9.17) is 8.83 Å². The Morgan fingerprint density at radius 1 is 0.391 bits per heavy atom. The summed E-state index contributed by atoms with van der Waals surface area (Å²) in [7, 11) is 0. The maximum atomic E-state index is 10.1. The zero-order chi connectivity index (χ0) is 30.6. The van der Waals surface area contributed by atoms with Gasteiger partial charge >= 0.3 is 0 Å². The molecular formula is C43H25NO2. The molecule has 9 aromatic rings. The number of nitrogens with zero attached hydrogens (tertiary/aromatic N) is 1. The van der Waals surface area contributed by atoms with E-state index < -0.39 is 0 Å². The predicted molar refractivity (Wildman–Crippen MR) is 187 cm³/mol. The van der Waals surface area contributed by atoms with E-state index in [2.05, 4.69) is 91.0 Å². The highest BCUT2D eigenvalue weighted by atomic mass is 16.3. The molecule has 0 atom stereocenters. The van der Waals surface area contributed by atoms with E-state index in [9.17, 15) is 5.26 Å². The lowest BCUT2D eigenvalue weighted by Crippen LogP contribution is -1.94. The molecule has 0 saturated carbocycles. The van der Waals surface area contributed by atoms with Crippen LogP contribution in [-0.2, 0) is 0 Å². The molecule has 0 aliphatic carbocycles. The summed E-state index contributed by atoms with van der Waals surface area (Å²) in [6, 6.07) is 54.4. The minimum absolute atomic E-state index is 0.634. The van der Waals surface area contributed by atoms with Crippen LogP contribution in [0.1, 0.15) is 5.56 Å². The molecule has 3 heteroatoms. The van der Waals surface area contributed by atoms with Crippen LogP contribution in [0.15, 0.2) is 160 Å². The first-order valence-electron chi connectivity index (χ1n) is 15.3. The molecule has 214 valence electrons. The van der Waals surface area contributed by atoms with E-state index in [1.54, 1.807) is 0 Å². The van der Waals surface area contributed by atoms with Gasteiger partial charge in [-0.1, -0.05) is 103 Å². The van der Waals surface area contributed by atoms with Crippen molar-refractivity contribution >= 4 is 43.9 Å². The van der Waals surface area contributed by atoms with E-state index >= 15 is 0 Å². The zero-order valence-corrected chi connectivity index (χ0v) is 24.7. The molecule has 0 amide bonds. The molecule has 2 aromatic heterocycles. The van der Waals surface area contributed by atoms with Gasteiger partial charge in [0.15, 0.2) is 0 Å². The quantitative estimate of drug-likeness (QED) is 0.206. The van der Waals surface area contributed by atoms with Crippen LogP contribution in [0, 0.1) is 11.3 Å². The fourth-order valence-corrected chi connectivity index (χ4v) is 6.88. The van der Waals surface area contributed by atoms with E-state index in [0.717, 1.165) is 88.4 Å². The topological polar surface area (TPSA) is 50.1 Å². The maximum Gasteiger partial charge on any atom is 0.136 e. The van der Waals surface area contributed by atoms with Crippen molar-refractivity contribution in [2.75, 3.05) is 0 Å². The second-order valence-corrected chi connectivity index (χ2v) is 11.6. The minimum Gasteiger partial charge on any atom is -0.456 e. The van der Waals surface area contributed by atoms with E-state index in [1.807, 2.05) is 66.7 Å². The van der Waals surface area contributed by atoms with E-state index in [-0.39, 0.29) is 0 Å². The molecule has 2 heterocycles. The normalized spacial score (nSPS) is 11.5. The third-order valence-corrected chi connectivity index (χ3v) is 8.94. The summed E-state index contributed by atoms with van der Waals surface area (Å²) in [5, 5.41) is 14.4. The number of hydrogen-bond donors (Lipinski definition) is 0. The molecule has 0 N–H and O–H groups in total. The SMILES string of the molecule is N#Cc1ccccc1-c1cc(-c2ccc3oc4ccccc4c3c2)c(-c2ccccc2)c(-c2cccc3oc4ccccc4c23)c1. The number of furan rings is 2. The molecule has 0 aliphatic rings. The van der Waals surface area contributed by atoms with Gasteiger partial charge in [0, 0.05) is 21.5 Å². The van der Waals surface area contributed by atoms with Gasteiger partial charge in [-0.05, 0) is 93.0 Å². The number of para-hydroxylation sites is 2. The van der Waals surface area contributed by atoms with Crippen LogP contribution < -0.4 is 0 Å². The summed E-state index contributed by atoms with van der Waals surface area (Å²) in [4.78, 5) is 0. The molecule has 0 saturated heterocycles. The zero-order valence-electron chi connectivity index (χ0n) is 24.7. The van der Waals surface area contributed by atoms with Crippen LogP contribution in [0.25, 0.3) is 88.4 Å². The van der Waals surface area contributed by atoms with Crippen LogP contribution in [-0.4, -0.2) is 0 Å². The summed E-state index contributed by atoms with van der Waals surface area (Å²) in [5.41, 5.74) is 12.4. The van der Waals surface area contributed by atoms with E-state index in [0.29, 0.717) is 5.56 Å². The molecular weight excluding hydrogens is 562 g/mol. The van der Waals surface area contributed by atoms with E-state index in [1.165, 1.54) is 0 Å². The monoisotopic (exact) mass is 587 g/mol. The Bertz CT molecular complexity index is 2650. The largest absolute Gasteiger partial charge is 0.456 e. The maximum absolute atomic E-state index is 10.1. The predicted octanol–water partition coefficient (Wildman–Crippen LogP) is 12.0. The van der Waals surface area contributed by atoms with Crippen molar-refractivity contribution < 1.29 is 8.83 Å². The Labute approximate surface area is 265 Å². The minimum atomic E-state index is 0.634. The first kappa shape index (κ1) is 26.1. The summed E-state index contributed by atoms with van der Waals surface area (Å²) >= 11 is 0. The van der Waals surface area contributed by atoms with Crippen molar-refractivity contribution in [3.8, 4) is 50.6 Å². The fraction of sp³-hybridized carbons (Fsp3) is 0. The van der Waals surface area contributed by atoms with Crippen LogP contribution in [0.4, 0.5) is 0 Å². The highest BCUT2D eigenvalue weighted by Gasteiger charge is 2.22. The van der Waals surface area contributed by atoms with Gasteiger partial charge in [-0.15, -0.1) is 0 Å². The summed E-state index contributed by atoms with van der Waals surface area (Å²) in [5.74, 6) is 0. The Morgan fingerprint density at radius 2 is 1.02 bits per heavy atom. The third-order valence-electron chi connectivity index (χ3n) is 8.94. The Morgan fingerprint density at radius 3 is 1.87 bits per heavy atom. The number of rotatable bonds is 4. The summed E-state index contributed by atoms with van der Waals surface area (Å²) < 4.78 is 12.6. The number of hydrogen-bond acceptors (Lipinski definition) is 3. The molecule has 0 radical (unpaired) electrons. The molecule has 0 bridgehead atoms. The van der Waals surface area contributed by atoms with Gasteiger partial charge in [-0.3, -0.25) is 0 Å². The molecule has 0 unspecified atom stereocenters. The van der Waals surface area contributed by atoms with Gasteiger partial charge in [0.1, 0.15) is 22.3 Å².